The van der Waals surface area contributed by atoms with Crippen molar-refractivity contribution in [2.45, 2.75) is 361 Å². The Bertz CT molecular complexity index is 1670. The highest BCUT2D eigenvalue weighted by Crippen LogP contribution is 2.45. The molecule has 5 atom stereocenters. The van der Waals surface area contributed by atoms with Crippen molar-refractivity contribution < 1.29 is 80.2 Å². The molecule has 86 heavy (non-hydrogen) atoms. The summed E-state index contributed by atoms with van der Waals surface area (Å²) >= 11 is 0. The highest BCUT2D eigenvalue weighted by molar-refractivity contribution is 7.47. The minimum Gasteiger partial charge on any atom is -0.462 e. The quantitative estimate of drug-likeness (QED) is 0.0222. The van der Waals surface area contributed by atoms with Crippen molar-refractivity contribution in [1.82, 2.24) is 0 Å². The molecule has 0 aliphatic carbocycles. The highest BCUT2D eigenvalue weighted by Gasteiger charge is 2.30. The second-order valence-corrected chi connectivity index (χ2v) is 27.6. The first kappa shape index (κ1) is 84.1. The van der Waals surface area contributed by atoms with E-state index in [1.165, 1.54) is 161 Å². The molecule has 17 nitrogen and oxygen atoms in total. The molecular weight excluding hydrogens is 1140 g/mol. The Labute approximate surface area is 524 Å². The summed E-state index contributed by atoms with van der Waals surface area (Å²) in [5, 5.41) is 10.5. The van der Waals surface area contributed by atoms with Gasteiger partial charge in [0.25, 0.3) is 0 Å². The summed E-state index contributed by atoms with van der Waals surface area (Å²) in [7, 11) is -9.88. The van der Waals surface area contributed by atoms with Crippen LogP contribution >= 0.6 is 15.6 Å². The lowest BCUT2D eigenvalue weighted by molar-refractivity contribution is -0.161. The summed E-state index contributed by atoms with van der Waals surface area (Å²) in [6.07, 6.45) is 46.1. The molecule has 0 heterocycles. The van der Waals surface area contributed by atoms with Gasteiger partial charge >= 0.3 is 39.5 Å². The number of carbonyl (C=O) groups excluding carboxylic acids is 4. The van der Waals surface area contributed by atoms with E-state index >= 15 is 0 Å². The fourth-order valence-electron chi connectivity index (χ4n) is 10.1. The largest absolute Gasteiger partial charge is 0.472 e. The molecule has 2 unspecified atom stereocenters. The van der Waals surface area contributed by atoms with Crippen LogP contribution < -0.4 is 0 Å². The Hall–Kier alpha value is -1.94. The molecule has 0 bridgehead atoms. The third-order valence-corrected chi connectivity index (χ3v) is 17.4. The van der Waals surface area contributed by atoms with Gasteiger partial charge in [0.15, 0.2) is 12.2 Å². The van der Waals surface area contributed by atoms with E-state index in [1.807, 2.05) is 0 Å². The molecule has 0 aliphatic heterocycles. The van der Waals surface area contributed by atoms with E-state index in [9.17, 15) is 43.2 Å². The van der Waals surface area contributed by atoms with Crippen LogP contribution in [0, 0.1) is 5.92 Å². The van der Waals surface area contributed by atoms with Gasteiger partial charge in [0.1, 0.15) is 19.3 Å². The predicted octanol–water partition coefficient (Wildman–Crippen LogP) is 19.0. The molecule has 3 N–H and O–H groups in total. The number of phosphoric acid groups is 2. The summed E-state index contributed by atoms with van der Waals surface area (Å²) in [4.78, 5) is 72.1. The van der Waals surface area contributed by atoms with E-state index in [0.717, 1.165) is 102 Å². The van der Waals surface area contributed by atoms with Gasteiger partial charge in [-0.25, -0.2) is 9.13 Å². The molecule has 0 rings (SSSR count). The van der Waals surface area contributed by atoms with Crippen molar-refractivity contribution in [3.63, 3.8) is 0 Å². The van der Waals surface area contributed by atoms with Gasteiger partial charge in [-0.1, -0.05) is 291 Å². The molecule has 0 saturated carbocycles. The summed E-state index contributed by atoms with van der Waals surface area (Å²) in [5.41, 5.74) is 0. The normalized spacial score (nSPS) is 14.2. The molecule has 0 aliphatic rings. The van der Waals surface area contributed by atoms with Crippen molar-refractivity contribution in [3.8, 4) is 0 Å². The number of ether oxygens (including phenoxy) is 4. The van der Waals surface area contributed by atoms with Crippen molar-refractivity contribution in [3.05, 3.63) is 0 Å². The Morgan fingerprint density at radius 1 is 0.314 bits per heavy atom. The zero-order valence-corrected chi connectivity index (χ0v) is 57.2. The first-order valence-electron chi connectivity index (χ1n) is 35.1. The minimum absolute atomic E-state index is 0.106. The number of unbranched alkanes of at least 4 members (excludes halogenated alkanes) is 39. The number of hydrogen-bond acceptors (Lipinski definition) is 15. The summed E-state index contributed by atoms with van der Waals surface area (Å²) < 4.78 is 67.9. The zero-order valence-electron chi connectivity index (χ0n) is 55.4. The molecule has 0 aromatic heterocycles. The van der Waals surface area contributed by atoms with E-state index in [0.29, 0.717) is 25.7 Å². The van der Waals surface area contributed by atoms with Crippen LogP contribution in [-0.2, 0) is 65.4 Å². The highest BCUT2D eigenvalue weighted by atomic mass is 31.2. The smallest absolute Gasteiger partial charge is 0.462 e. The molecule has 0 amide bonds. The van der Waals surface area contributed by atoms with Gasteiger partial charge in [-0.2, -0.15) is 0 Å². The van der Waals surface area contributed by atoms with Gasteiger partial charge < -0.3 is 33.8 Å². The lowest BCUT2D eigenvalue weighted by atomic mass is 10.0. The number of rotatable bonds is 67. The summed E-state index contributed by atoms with van der Waals surface area (Å²) in [5.74, 6) is -1.36. The van der Waals surface area contributed by atoms with Gasteiger partial charge in [0, 0.05) is 25.7 Å². The molecule has 0 radical (unpaired) electrons. The molecule has 510 valence electrons. The Balaban J connectivity index is 5.16. The van der Waals surface area contributed by atoms with Crippen molar-refractivity contribution >= 4 is 39.5 Å². The molecule has 0 spiro atoms. The number of esters is 4. The fourth-order valence-corrected chi connectivity index (χ4v) is 11.7. The predicted molar refractivity (Wildman–Crippen MR) is 345 cm³/mol. The van der Waals surface area contributed by atoms with E-state index in [4.69, 9.17) is 37.0 Å². The average molecular weight is 1270 g/mol. The minimum atomic E-state index is -4.95. The number of aliphatic hydroxyl groups is 1. The van der Waals surface area contributed by atoms with Gasteiger partial charge in [-0.3, -0.25) is 37.3 Å². The fraction of sp³-hybridized carbons (Fsp3) is 0.940. The maximum absolute atomic E-state index is 13.0. The molecule has 0 fully saturated rings. The number of carbonyl (C=O) groups is 4. The third-order valence-electron chi connectivity index (χ3n) is 15.5. The van der Waals surface area contributed by atoms with Gasteiger partial charge in [-0.05, 0) is 31.6 Å². The van der Waals surface area contributed by atoms with Crippen molar-refractivity contribution in [2.24, 2.45) is 5.92 Å². The maximum Gasteiger partial charge on any atom is 0.472 e. The zero-order chi connectivity index (χ0) is 63.5. The summed E-state index contributed by atoms with van der Waals surface area (Å²) in [6, 6.07) is 0. The first-order chi connectivity index (χ1) is 41.5. The van der Waals surface area contributed by atoms with Crippen molar-refractivity contribution in [2.75, 3.05) is 39.6 Å². The third kappa shape index (κ3) is 60.9. The van der Waals surface area contributed by atoms with Crippen LogP contribution in [0.15, 0.2) is 0 Å². The van der Waals surface area contributed by atoms with E-state index < -0.39 is 97.5 Å². The van der Waals surface area contributed by atoms with Crippen molar-refractivity contribution in [1.29, 1.82) is 0 Å². The number of aliphatic hydroxyl groups excluding tert-OH is 1. The van der Waals surface area contributed by atoms with Crippen LogP contribution in [0.4, 0.5) is 0 Å². The van der Waals surface area contributed by atoms with Gasteiger partial charge in [0.05, 0.1) is 26.4 Å². The molecule has 19 heteroatoms. The van der Waals surface area contributed by atoms with Crippen LogP contribution in [0.5, 0.6) is 0 Å². The molecule has 0 aromatic carbocycles. The van der Waals surface area contributed by atoms with Crippen LogP contribution in [0.1, 0.15) is 343 Å². The molecule has 0 aromatic rings. The van der Waals surface area contributed by atoms with E-state index in [2.05, 4.69) is 34.6 Å². The number of hydrogen-bond donors (Lipinski definition) is 3. The van der Waals surface area contributed by atoms with Crippen LogP contribution in [-0.4, -0.2) is 96.7 Å². The monoisotopic (exact) mass is 1270 g/mol. The molecule has 0 saturated heterocycles. The lowest BCUT2D eigenvalue weighted by Gasteiger charge is -2.21. The Kier molecular flexibility index (Phi) is 59.2. The topological polar surface area (TPSA) is 237 Å². The van der Waals surface area contributed by atoms with Crippen LogP contribution in [0.3, 0.4) is 0 Å². The second kappa shape index (κ2) is 60.6. The second-order valence-electron chi connectivity index (χ2n) is 24.7. The lowest BCUT2D eigenvalue weighted by Crippen LogP contribution is -2.30. The average Bonchev–Trinajstić information content (AvgIpc) is 3.65. The SMILES string of the molecule is CCCCCCCCCCCCCCCCCCC(=O)O[C@H](COC(=O)CCCCCCCCCCCCCCC(C)C)COP(=O)(O)OC[C@@H](O)COP(=O)(O)OC[C@@H](COC(=O)CCCCCCC)OC(=O)CCCCCCCCCCCC. The number of phosphoric ester groups is 2. The maximum atomic E-state index is 13.0. The van der Waals surface area contributed by atoms with E-state index in [-0.39, 0.29) is 25.7 Å². The van der Waals surface area contributed by atoms with Gasteiger partial charge in [-0.15, -0.1) is 0 Å². The Morgan fingerprint density at radius 2 is 0.535 bits per heavy atom. The van der Waals surface area contributed by atoms with E-state index in [1.54, 1.807) is 0 Å². The summed E-state index contributed by atoms with van der Waals surface area (Å²) in [6.45, 7) is 7.14. The van der Waals surface area contributed by atoms with Crippen LogP contribution in [0.2, 0.25) is 0 Å². The first-order valence-corrected chi connectivity index (χ1v) is 38.1. The van der Waals surface area contributed by atoms with Crippen LogP contribution in [0.25, 0.3) is 0 Å². The van der Waals surface area contributed by atoms with Gasteiger partial charge in [0.2, 0.25) is 0 Å². The Morgan fingerprint density at radius 3 is 0.791 bits per heavy atom. The molecular formula is C67H130O17P2. The standard InChI is InChI=1S/C67H130O17P2/c1-6-9-12-15-17-19-21-22-23-24-25-30-34-38-43-48-53-67(72)84-63(57-78-65(70)51-46-41-36-33-29-27-26-28-31-35-40-44-49-60(4)5)59-82-86(75,76)80-55-61(68)54-79-85(73,74)81-58-62(56-77-64(69)50-45-39-14-11-8-3)83-66(71)52-47-42-37-32-20-18-16-13-10-7-2/h60-63,68H,6-59H2,1-5H3,(H,73,74)(H,75,76)/t61-,62+,63+/m0/s1.